The minimum atomic E-state index is -0.463. The first kappa shape index (κ1) is 13.3. The van der Waals surface area contributed by atoms with Gasteiger partial charge in [-0.25, -0.2) is 0 Å². The monoisotopic (exact) mass is 419 g/mol. The largest absolute Gasteiger partial charge is 0.450 e. The van der Waals surface area contributed by atoms with Gasteiger partial charge in [-0.3, -0.25) is 10.1 Å². The van der Waals surface area contributed by atoms with Crippen LogP contribution in [0.4, 0.5) is 5.69 Å². The molecule has 18 heavy (non-hydrogen) atoms. The summed E-state index contributed by atoms with van der Waals surface area (Å²) in [6, 6.07) is 11.9. The van der Waals surface area contributed by atoms with Crippen molar-refractivity contribution in [3.8, 4) is 11.5 Å². The zero-order valence-corrected chi connectivity index (χ0v) is 12.7. The van der Waals surface area contributed by atoms with Crippen LogP contribution in [0, 0.1) is 13.7 Å². The lowest BCUT2D eigenvalue weighted by molar-refractivity contribution is -0.385. The predicted octanol–water partition coefficient (Wildman–Crippen LogP) is 4.75. The van der Waals surface area contributed by atoms with Gasteiger partial charge >= 0.3 is 5.69 Å². The number of nitro groups is 1. The number of nitro benzene ring substituents is 1. The Kier molecular flexibility index (Phi) is 4.18. The molecule has 0 radical (unpaired) electrons. The first-order valence-electron chi connectivity index (χ1n) is 4.93. The van der Waals surface area contributed by atoms with E-state index in [2.05, 4.69) is 38.5 Å². The van der Waals surface area contributed by atoms with Crippen LogP contribution in [-0.2, 0) is 0 Å². The minimum absolute atomic E-state index is 0.0583. The highest BCUT2D eigenvalue weighted by Gasteiger charge is 2.15. The van der Waals surface area contributed by atoms with Crippen molar-refractivity contribution in [2.75, 3.05) is 0 Å². The number of nitrogens with zero attached hydrogens (tertiary/aromatic N) is 1. The topological polar surface area (TPSA) is 52.4 Å². The number of rotatable bonds is 3. The van der Waals surface area contributed by atoms with Crippen LogP contribution in [0.1, 0.15) is 0 Å². The van der Waals surface area contributed by atoms with Crippen molar-refractivity contribution in [3.63, 3.8) is 0 Å². The highest BCUT2D eigenvalue weighted by molar-refractivity contribution is 14.1. The predicted molar refractivity (Wildman–Crippen MR) is 80.0 cm³/mol. The van der Waals surface area contributed by atoms with Crippen molar-refractivity contribution in [2.24, 2.45) is 0 Å². The van der Waals surface area contributed by atoms with Gasteiger partial charge in [-0.1, -0.05) is 22.0 Å². The summed E-state index contributed by atoms with van der Waals surface area (Å²) in [5, 5.41) is 10.9. The Morgan fingerprint density at radius 1 is 1.22 bits per heavy atom. The van der Waals surface area contributed by atoms with Crippen molar-refractivity contribution in [2.45, 2.75) is 0 Å². The molecule has 0 heterocycles. The summed E-state index contributed by atoms with van der Waals surface area (Å²) in [4.78, 5) is 10.4. The molecule has 0 spiro atoms. The van der Waals surface area contributed by atoms with E-state index in [0.29, 0.717) is 5.75 Å². The molecule has 0 unspecified atom stereocenters. The molecule has 0 fully saturated rings. The van der Waals surface area contributed by atoms with Gasteiger partial charge in [-0.05, 0) is 46.9 Å². The van der Waals surface area contributed by atoms with Gasteiger partial charge in [0.05, 0.1) is 4.92 Å². The average Bonchev–Trinajstić information content (AvgIpc) is 2.28. The second-order valence-corrected chi connectivity index (χ2v) is 5.59. The Hall–Kier alpha value is -1.15. The normalized spacial score (nSPS) is 10.1. The lowest BCUT2D eigenvalue weighted by Gasteiger charge is -2.07. The molecule has 0 N–H and O–H groups in total. The number of hydrogen-bond donors (Lipinski definition) is 0. The summed E-state index contributed by atoms with van der Waals surface area (Å²) >= 11 is 5.42. The standard InChI is InChI=1S/C12H7BrINO3/c13-8-4-5-11(15(16)17)12(6-8)18-10-3-1-2-9(14)7-10/h1-7H. The van der Waals surface area contributed by atoms with E-state index in [1.54, 1.807) is 18.2 Å². The fraction of sp³-hybridized carbons (Fsp3) is 0. The van der Waals surface area contributed by atoms with Crippen LogP contribution < -0.4 is 4.74 Å². The first-order chi connectivity index (χ1) is 8.56. The maximum atomic E-state index is 10.9. The first-order valence-corrected chi connectivity index (χ1v) is 6.81. The van der Waals surface area contributed by atoms with E-state index in [4.69, 9.17) is 4.74 Å². The Morgan fingerprint density at radius 3 is 2.67 bits per heavy atom. The number of benzene rings is 2. The van der Waals surface area contributed by atoms with Gasteiger partial charge < -0.3 is 4.74 Å². The summed E-state index contributed by atoms with van der Waals surface area (Å²) in [7, 11) is 0. The lowest BCUT2D eigenvalue weighted by atomic mass is 10.3. The maximum absolute atomic E-state index is 10.9. The van der Waals surface area contributed by atoms with Crippen molar-refractivity contribution < 1.29 is 9.66 Å². The molecule has 0 bridgehead atoms. The van der Waals surface area contributed by atoms with E-state index in [1.165, 1.54) is 6.07 Å². The Labute approximate surface area is 125 Å². The molecule has 0 aliphatic carbocycles. The minimum Gasteiger partial charge on any atom is -0.450 e. The van der Waals surface area contributed by atoms with Gasteiger partial charge in [0, 0.05) is 20.2 Å². The van der Waals surface area contributed by atoms with Crippen molar-refractivity contribution in [1.82, 2.24) is 0 Å². The third kappa shape index (κ3) is 3.20. The molecule has 6 heteroatoms. The fourth-order valence-electron chi connectivity index (χ4n) is 1.38. The molecule has 92 valence electrons. The van der Waals surface area contributed by atoms with Crippen LogP contribution in [0.2, 0.25) is 0 Å². The summed E-state index contributed by atoms with van der Waals surface area (Å²) in [6.07, 6.45) is 0. The molecule has 4 nitrogen and oxygen atoms in total. The molecule has 2 rings (SSSR count). The summed E-state index contributed by atoms with van der Waals surface area (Å²) in [5.41, 5.74) is -0.0583. The van der Waals surface area contributed by atoms with E-state index >= 15 is 0 Å². The molecule has 0 aliphatic heterocycles. The van der Waals surface area contributed by atoms with E-state index in [1.807, 2.05) is 18.2 Å². The van der Waals surface area contributed by atoms with Crippen molar-refractivity contribution in [3.05, 3.63) is 60.6 Å². The smallest absolute Gasteiger partial charge is 0.311 e. The van der Waals surface area contributed by atoms with Crippen LogP contribution >= 0.6 is 38.5 Å². The summed E-state index contributed by atoms with van der Waals surface area (Å²) in [5.74, 6) is 0.791. The van der Waals surface area contributed by atoms with Gasteiger partial charge in [0.2, 0.25) is 5.75 Å². The second-order valence-electron chi connectivity index (χ2n) is 3.43. The molecule has 2 aromatic rings. The van der Waals surface area contributed by atoms with Crippen LogP contribution in [-0.4, -0.2) is 4.92 Å². The van der Waals surface area contributed by atoms with E-state index in [0.717, 1.165) is 8.04 Å². The van der Waals surface area contributed by atoms with Crippen LogP contribution in [0.15, 0.2) is 46.9 Å². The molecule has 0 aromatic heterocycles. The molecule has 0 amide bonds. The lowest BCUT2D eigenvalue weighted by Crippen LogP contribution is -1.93. The van der Waals surface area contributed by atoms with Gasteiger partial charge in [0.25, 0.3) is 0 Å². The van der Waals surface area contributed by atoms with Gasteiger partial charge in [0.15, 0.2) is 0 Å². The zero-order valence-electron chi connectivity index (χ0n) is 8.97. The highest BCUT2D eigenvalue weighted by Crippen LogP contribution is 2.34. The second kappa shape index (κ2) is 5.66. The van der Waals surface area contributed by atoms with Gasteiger partial charge in [-0.2, -0.15) is 0 Å². The van der Waals surface area contributed by atoms with Gasteiger partial charge in [-0.15, -0.1) is 0 Å². The van der Waals surface area contributed by atoms with E-state index in [-0.39, 0.29) is 11.4 Å². The Bertz CT molecular complexity index is 604. The van der Waals surface area contributed by atoms with Gasteiger partial charge in [0.1, 0.15) is 5.75 Å². The van der Waals surface area contributed by atoms with Crippen LogP contribution in [0.5, 0.6) is 11.5 Å². The zero-order chi connectivity index (χ0) is 13.1. The molecule has 0 aliphatic rings. The molecular weight excluding hydrogens is 413 g/mol. The quantitative estimate of drug-likeness (QED) is 0.409. The summed E-state index contributed by atoms with van der Waals surface area (Å²) < 4.78 is 7.29. The maximum Gasteiger partial charge on any atom is 0.311 e. The number of hydrogen-bond acceptors (Lipinski definition) is 3. The van der Waals surface area contributed by atoms with Crippen molar-refractivity contribution in [1.29, 1.82) is 0 Å². The molecule has 0 saturated carbocycles. The molecular formula is C12H7BrINO3. The SMILES string of the molecule is O=[N+]([O-])c1ccc(Br)cc1Oc1cccc(I)c1. The van der Waals surface area contributed by atoms with Crippen LogP contribution in [0.3, 0.4) is 0 Å². The van der Waals surface area contributed by atoms with Crippen molar-refractivity contribution >= 4 is 44.2 Å². The number of ether oxygens (including phenoxy) is 1. The average molecular weight is 420 g/mol. The molecule has 0 saturated heterocycles. The Morgan fingerprint density at radius 2 is 2.00 bits per heavy atom. The fourth-order valence-corrected chi connectivity index (χ4v) is 2.23. The van der Waals surface area contributed by atoms with E-state index < -0.39 is 4.92 Å². The Balaban J connectivity index is 2.39. The third-order valence-electron chi connectivity index (χ3n) is 2.14. The number of halogens is 2. The van der Waals surface area contributed by atoms with E-state index in [9.17, 15) is 10.1 Å². The highest BCUT2D eigenvalue weighted by atomic mass is 127. The summed E-state index contributed by atoms with van der Waals surface area (Å²) in [6.45, 7) is 0. The third-order valence-corrected chi connectivity index (χ3v) is 3.31. The molecule has 2 aromatic carbocycles. The van der Waals surface area contributed by atoms with Crippen LogP contribution in [0.25, 0.3) is 0 Å². The molecule has 0 atom stereocenters.